The van der Waals surface area contributed by atoms with E-state index in [1.54, 1.807) is 4.90 Å². The van der Waals surface area contributed by atoms with E-state index < -0.39 is 24.7 Å². The van der Waals surface area contributed by atoms with Crippen LogP contribution in [0.3, 0.4) is 0 Å². The second-order valence-electron chi connectivity index (χ2n) is 6.41. The number of alkyl halides is 2. The van der Waals surface area contributed by atoms with Crippen LogP contribution in [0, 0.1) is 11.6 Å². The average Bonchev–Trinajstić information content (AvgIpc) is 2.90. The Morgan fingerprint density at radius 1 is 1.52 bits per heavy atom. The molecule has 0 fully saturated rings. The summed E-state index contributed by atoms with van der Waals surface area (Å²) in [6, 6.07) is 1.23. The van der Waals surface area contributed by atoms with Gasteiger partial charge in [0.05, 0.1) is 0 Å². The molecular formula is C15H18BF2I3NO3-. The van der Waals surface area contributed by atoms with Gasteiger partial charge in [-0.2, -0.15) is 0 Å². The first-order chi connectivity index (χ1) is 11.6. The maximum absolute atomic E-state index is 14.5. The van der Waals surface area contributed by atoms with Gasteiger partial charge >= 0.3 is 182 Å². The molecule has 1 atom stereocenters. The molecule has 1 aromatic rings. The number of carbonyl (C=O) groups excluding carboxylic acids is 1. The minimum absolute atomic E-state index is 0.00857. The molecule has 1 N–H and O–H groups in total. The van der Waals surface area contributed by atoms with Gasteiger partial charge in [0.1, 0.15) is 0 Å². The molecule has 0 saturated heterocycles. The van der Waals surface area contributed by atoms with Crippen LogP contribution in [0.4, 0.5) is 8.78 Å². The number of halogens is 5. The van der Waals surface area contributed by atoms with Crippen LogP contribution in [-0.4, -0.2) is 37.0 Å². The molecule has 1 aliphatic rings. The van der Waals surface area contributed by atoms with Crippen molar-refractivity contribution < 1.29 is 40.5 Å². The number of carbonyl (C=O) groups is 1. The van der Waals surface area contributed by atoms with E-state index in [0.29, 0.717) is 6.54 Å². The third-order valence-corrected chi connectivity index (χ3v) is 10.4. The van der Waals surface area contributed by atoms with Gasteiger partial charge in [-0.3, -0.25) is 0 Å². The first-order valence-electron chi connectivity index (χ1n) is 7.61. The Bertz CT molecular complexity index is 672. The fourth-order valence-electron chi connectivity index (χ4n) is 2.48. The molecule has 1 aromatic carbocycles. The van der Waals surface area contributed by atoms with Gasteiger partial charge in [0, 0.05) is 0 Å². The number of nitrogens with zero attached hydrogens (tertiary/aromatic N) is 1. The molecule has 0 radical (unpaired) electrons. The van der Waals surface area contributed by atoms with Crippen molar-refractivity contribution in [1.29, 1.82) is 0 Å². The Kier molecular flexibility index (Phi) is 7.77. The number of hydrogen-bond acceptors (Lipinski definition) is 3. The molecule has 0 aliphatic carbocycles. The summed E-state index contributed by atoms with van der Waals surface area (Å²) in [7, 11) is -1.33. The Hall–Kier alpha value is 0.725. The maximum atomic E-state index is 14.5. The summed E-state index contributed by atoms with van der Waals surface area (Å²) in [5.74, 6) is -2.81. The van der Waals surface area contributed by atoms with Crippen molar-refractivity contribution in [3.05, 3.63) is 28.8 Å². The Balaban J connectivity index is 2.39. The number of amides is 1. The third-order valence-electron chi connectivity index (χ3n) is 3.98. The molecule has 1 unspecified atom stereocenters. The number of fused-ring (bicyclic) bond motifs is 1. The molecular weight excluding hydrogens is 672 g/mol. The fraction of sp³-hybridized carbons (Fsp3) is 0.533. The van der Waals surface area contributed by atoms with Crippen LogP contribution in [0.15, 0.2) is 6.07 Å². The van der Waals surface area contributed by atoms with Gasteiger partial charge < -0.3 is 0 Å². The predicted molar refractivity (Wildman–Crippen MR) is 106 cm³/mol. The van der Waals surface area contributed by atoms with Gasteiger partial charge in [-0.15, -0.1) is 0 Å². The van der Waals surface area contributed by atoms with Crippen molar-refractivity contribution in [2.24, 2.45) is 0 Å². The number of hydrogen-bond donors (Lipinski definition) is 1. The molecule has 1 aliphatic heterocycles. The van der Waals surface area contributed by atoms with Crippen molar-refractivity contribution in [1.82, 2.24) is 4.90 Å². The summed E-state index contributed by atoms with van der Waals surface area (Å²) in [5.41, 5.74) is -0.225. The Morgan fingerprint density at radius 3 is 2.72 bits per heavy atom. The minimum atomic E-state index is -1.33. The summed E-state index contributed by atoms with van der Waals surface area (Å²) < 4.78 is 33.7. The molecule has 10 heteroatoms. The Morgan fingerprint density at radius 2 is 2.16 bits per heavy atom. The summed E-state index contributed by atoms with van der Waals surface area (Å²) >= 11 is 4.26. The predicted octanol–water partition coefficient (Wildman–Crippen LogP) is 0.0134. The molecule has 25 heavy (non-hydrogen) atoms. The zero-order chi connectivity index (χ0) is 18.9. The van der Waals surface area contributed by atoms with E-state index in [1.165, 1.54) is 6.07 Å². The van der Waals surface area contributed by atoms with Crippen LogP contribution in [-0.2, 0) is 11.3 Å². The third kappa shape index (κ3) is 5.16. The average molecular weight is 690 g/mol. The molecule has 4 nitrogen and oxygen atoms in total. The van der Waals surface area contributed by atoms with E-state index >= 15 is 0 Å². The van der Waals surface area contributed by atoms with Gasteiger partial charge in [-0.05, 0) is 0 Å². The quantitative estimate of drug-likeness (QED) is 0.199. The molecule has 140 valence electrons. The molecule has 1 amide bonds. The molecule has 0 bridgehead atoms. The first-order valence-corrected chi connectivity index (χ1v) is 16.2. The standard InChI is InChI=1S/C15H18BF2I3NO3/c1-8(21-20)22(5-4-15(2,3)19)14(23)9-6-11-10(7-25-16(11)24)13(18)12(9)17/h6,8,24H,4-5,7H2,1-3H3/q-1. The molecule has 0 spiro atoms. The van der Waals surface area contributed by atoms with Gasteiger partial charge in [0.15, 0.2) is 0 Å². The van der Waals surface area contributed by atoms with Crippen molar-refractivity contribution in [3.8, 4) is 0 Å². The SMILES string of the molecule is CC([I-]I)N(CCC(C)(C)I)C(=O)c1cc2c(c(F)c1F)COB2O. The van der Waals surface area contributed by atoms with Crippen molar-refractivity contribution in [2.45, 2.75) is 41.3 Å². The van der Waals surface area contributed by atoms with Crippen molar-refractivity contribution in [2.75, 3.05) is 6.54 Å². The van der Waals surface area contributed by atoms with Gasteiger partial charge in [0.25, 0.3) is 0 Å². The van der Waals surface area contributed by atoms with Crippen LogP contribution in [0.2, 0.25) is 0 Å². The van der Waals surface area contributed by atoms with Crippen LogP contribution >= 0.6 is 41.2 Å². The second-order valence-corrected chi connectivity index (χ2v) is 14.8. The molecule has 0 aromatic heterocycles. The summed E-state index contributed by atoms with van der Waals surface area (Å²) in [4.78, 5) is 14.6. The van der Waals surface area contributed by atoms with Gasteiger partial charge in [-0.25, -0.2) is 0 Å². The summed E-state index contributed by atoms with van der Waals surface area (Å²) in [6.07, 6.45) is 0.741. The van der Waals surface area contributed by atoms with Crippen molar-refractivity contribution in [3.63, 3.8) is 0 Å². The fourth-order valence-corrected chi connectivity index (χ4v) is 5.22. The van der Waals surface area contributed by atoms with Crippen LogP contribution < -0.4 is 22.7 Å². The summed E-state index contributed by atoms with van der Waals surface area (Å²) in [6.45, 7) is 6.32. The van der Waals surface area contributed by atoms with Crippen LogP contribution in [0.1, 0.15) is 43.1 Å². The van der Waals surface area contributed by atoms with E-state index in [-0.39, 0.29) is 47.9 Å². The number of rotatable bonds is 6. The van der Waals surface area contributed by atoms with Crippen molar-refractivity contribution >= 4 is 59.7 Å². The summed E-state index contributed by atoms with van der Waals surface area (Å²) in [5, 5.41) is 9.77. The molecule has 1 heterocycles. The first kappa shape index (κ1) is 22.0. The number of benzene rings is 1. The van der Waals surface area contributed by atoms with E-state index in [4.69, 9.17) is 4.65 Å². The van der Waals surface area contributed by atoms with Crippen LogP contribution in [0.25, 0.3) is 0 Å². The molecule has 2 rings (SSSR count). The van der Waals surface area contributed by atoms with E-state index in [1.807, 2.05) is 6.92 Å². The van der Waals surface area contributed by atoms with Gasteiger partial charge in [0.2, 0.25) is 0 Å². The monoisotopic (exact) mass is 690 g/mol. The van der Waals surface area contributed by atoms with E-state index in [0.717, 1.165) is 6.42 Å². The zero-order valence-corrected chi connectivity index (χ0v) is 20.4. The topological polar surface area (TPSA) is 49.8 Å². The van der Waals surface area contributed by atoms with Gasteiger partial charge in [-0.1, -0.05) is 0 Å². The molecule has 0 saturated carbocycles. The normalized spacial score (nSPS) is 15.4. The Labute approximate surface area is 180 Å². The van der Waals surface area contributed by atoms with E-state index in [9.17, 15) is 18.6 Å². The second kappa shape index (κ2) is 8.82. The zero-order valence-electron chi connectivity index (χ0n) is 14.0. The van der Waals surface area contributed by atoms with E-state index in [2.05, 4.69) is 55.1 Å². The van der Waals surface area contributed by atoms with Crippen LogP contribution in [0.5, 0.6) is 0 Å².